The van der Waals surface area contributed by atoms with Crippen molar-refractivity contribution in [2.45, 2.75) is 70.6 Å². The van der Waals surface area contributed by atoms with Gasteiger partial charge in [0.1, 0.15) is 5.75 Å². The van der Waals surface area contributed by atoms with Gasteiger partial charge in [0, 0.05) is 6.54 Å². The van der Waals surface area contributed by atoms with Crippen LogP contribution in [-0.4, -0.2) is 29.1 Å². The second kappa shape index (κ2) is 12.3. The molecule has 1 aromatic rings. The van der Waals surface area contributed by atoms with Gasteiger partial charge in [-0.05, 0) is 36.8 Å². The van der Waals surface area contributed by atoms with Crippen molar-refractivity contribution in [3.63, 3.8) is 0 Å². The molecule has 1 unspecified atom stereocenters. The van der Waals surface area contributed by atoms with E-state index in [1.165, 1.54) is 25.7 Å². The van der Waals surface area contributed by atoms with Crippen molar-refractivity contribution in [2.24, 2.45) is 0 Å². The Balaban J connectivity index is 2.64. The molecule has 0 fully saturated rings. The summed E-state index contributed by atoms with van der Waals surface area (Å²) in [4.78, 5) is 21.6. The fourth-order valence-corrected chi connectivity index (χ4v) is 3.17. The van der Waals surface area contributed by atoms with E-state index in [2.05, 4.69) is 12.2 Å². The van der Waals surface area contributed by atoms with Crippen LogP contribution in [0, 0.1) is 0 Å². The van der Waals surface area contributed by atoms with Crippen molar-refractivity contribution in [2.75, 3.05) is 6.54 Å². The van der Waals surface area contributed by atoms with E-state index in [0.717, 1.165) is 31.2 Å². The van der Waals surface area contributed by atoms with Crippen LogP contribution in [0.3, 0.4) is 0 Å². The zero-order valence-corrected chi connectivity index (χ0v) is 15.2. The molecule has 0 saturated carbocycles. The highest BCUT2D eigenvalue weighted by Crippen LogP contribution is 2.35. The van der Waals surface area contributed by atoms with Gasteiger partial charge in [0.15, 0.2) is 6.29 Å². The maximum Gasteiger partial charge on any atom is 0.404 e. The summed E-state index contributed by atoms with van der Waals surface area (Å²) in [7, 11) is 0. The van der Waals surface area contributed by atoms with Crippen molar-refractivity contribution in [3.8, 4) is 5.75 Å². The van der Waals surface area contributed by atoms with Crippen LogP contribution in [0.4, 0.5) is 4.79 Å². The lowest BCUT2D eigenvalue weighted by Gasteiger charge is -2.19. The number of carboxylic acid groups (broad SMARTS) is 1. The molecular formula is C20H31NO4. The van der Waals surface area contributed by atoms with Crippen LogP contribution in [0.5, 0.6) is 5.75 Å². The van der Waals surface area contributed by atoms with Gasteiger partial charge in [-0.3, -0.25) is 4.79 Å². The second-order valence-corrected chi connectivity index (χ2v) is 6.53. The van der Waals surface area contributed by atoms with Crippen LogP contribution in [0.15, 0.2) is 18.2 Å². The number of nitrogens with one attached hydrogen (secondary N) is 1. The average molecular weight is 349 g/mol. The minimum atomic E-state index is -1.02. The SMILES string of the molecule is CCCCCCCCC(CCCNC(=O)O)c1cccc(C=O)c1O. The highest BCUT2D eigenvalue weighted by molar-refractivity contribution is 5.80. The van der Waals surface area contributed by atoms with Gasteiger partial charge in [0.2, 0.25) is 0 Å². The molecule has 1 atom stereocenters. The molecule has 0 saturated heterocycles. The van der Waals surface area contributed by atoms with Crippen LogP contribution in [0.2, 0.25) is 0 Å². The number of benzene rings is 1. The number of aldehydes is 1. The quantitative estimate of drug-likeness (QED) is 0.342. The number of carbonyl (C=O) groups is 2. The number of phenolic OH excluding ortho intramolecular Hbond substituents is 1. The first-order valence-electron chi connectivity index (χ1n) is 9.34. The van der Waals surface area contributed by atoms with E-state index < -0.39 is 6.09 Å². The lowest BCUT2D eigenvalue weighted by Crippen LogP contribution is -2.22. The zero-order chi connectivity index (χ0) is 18.5. The predicted octanol–water partition coefficient (Wildman–Crippen LogP) is 5.09. The topological polar surface area (TPSA) is 86.6 Å². The highest BCUT2D eigenvalue weighted by atomic mass is 16.4. The van der Waals surface area contributed by atoms with Gasteiger partial charge in [0.25, 0.3) is 0 Å². The normalized spacial score (nSPS) is 11.9. The van der Waals surface area contributed by atoms with Crippen molar-refractivity contribution >= 4 is 12.4 Å². The van der Waals surface area contributed by atoms with Crippen LogP contribution >= 0.6 is 0 Å². The van der Waals surface area contributed by atoms with E-state index >= 15 is 0 Å². The van der Waals surface area contributed by atoms with Crippen LogP contribution in [-0.2, 0) is 0 Å². The van der Waals surface area contributed by atoms with Crippen molar-refractivity contribution in [1.82, 2.24) is 5.32 Å². The third-order valence-corrected chi connectivity index (χ3v) is 4.58. The first kappa shape index (κ1) is 21.0. The zero-order valence-electron chi connectivity index (χ0n) is 15.2. The number of hydrogen-bond donors (Lipinski definition) is 3. The highest BCUT2D eigenvalue weighted by Gasteiger charge is 2.17. The third-order valence-electron chi connectivity index (χ3n) is 4.58. The molecule has 140 valence electrons. The molecule has 0 bridgehead atoms. The van der Waals surface area contributed by atoms with E-state index in [-0.39, 0.29) is 11.7 Å². The number of amides is 1. The van der Waals surface area contributed by atoms with Gasteiger partial charge in [0.05, 0.1) is 5.56 Å². The summed E-state index contributed by atoms with van der Waals surface area (Å²) >= 11 is 0. The van der Waals surface area contributed by atoms with E-state index in [1.807, 2.05) is 6.07 Å². The first-order chi connectivity index (χ1) is 12.1. The summed E-state index contributed by atoms with van der Waals surface area (Å²) < 4.78 is 0. The molecule has 3 N–H and O–H groups in total. The number of aromatic hydroxyl groups is 1. The molecule has 1 amide bonds. The molecule has 1 aromatic carbocycles. The molecular weight excluding hydrogens is 318 g/mol. The molecule has 5 heteroatoms. The standard InChI is InChI=1S/C20H31NO4/c1-2-3-4-5-6-7-10-16(12-9-14-21-20(24)25)18-13-8-11-17(15-22)19(18)23/h8,11,13,15-16,21,23H,2-7,9-10,12,14H2,1H3,(H,24,25). The van der Waals surface area contributed by atoms with Crippen molar-refractivity contribution in [3.05, 3.63) is 29.3 Å². The smallest absolute Gasteiger partial charge is 0.404 e. The molecule has 0 spiro atoms. The van der Waals surface area contributed by atoms with E-state index in [4.69, 9.17) is 5.11 Å². The summed E-state index contributed by atoms with van der Waals surface area (Å²) in [5.74, 6) is 0.210. The fraction of sp³-hybridized carbons (Fsp3) is 0.600. The lowest BCUT2D eigenvalue weighted by atomic mass is 9.87. The molecule has 0 aliphatic carbocycles. The fourth-order valence-electron chi connectivity index (χ4n) is 3.17. The maximum absolute atomic E-state index is 11.1. The van der Waals surface area contributed by atoms with Crippen molar-refractivity contribution < 1.29 is 19.8 Å². The minimum absolute atomic E-state index is 0.0691. The first-order valence-corrected chi connectivity index (χ1v) is 9.34. The Morgan fingerprint density at radius 2 is 1.80 bits per heavy atom. The second-order valence-electron chi connectivity index (χ2n) is 6.53. The summed E-state index contributed by atoms with van der Waals surface area (Å²) in [6, 6.07) is 5.27. The average Bonchev–Trinajstić information content (AvgIpc) is 2.60. The number of phenols is 1. The summed E-state index contributed by atoms with van der Waals surface area (Å²) in [5.41, 5.74) is 1.11. The Morgan fingerprint density at radius 3 is 2.48 bits per heavy atom. The number of unbranched alkanes of at least 4 members (excludes halogenated alkanes) is 5. The number of para-hydroxylation sites is 1. The maximum atomic E-state index is 11.1. The van der Waals surface area contributed by atoms with Crippen LogP contribution in [0.1, 0.15) is 86.6 Å². The van der Waals surface area contributed by atoms with Gasteiger partial charge in [-0.15, -0.1) is 0 Å². The van der Waals surface area contributed by atoms with Gasteiger partial charge in [-0.1, -0.05) is 57.6 Å². The molecule has 0 aliphatic rings. The Labute approximate surface area is 150 Å². The van der Waals surface area contributed by atoms with E-state index in [0.29, 0.717) is 24.8 Å². The van der Waals surface area contributed by atoms with Gasteiger partial charge < -0.3 is 15.5 Å². The summed E-state index contributed by atoms with van der Waals surface area (Å²) in [6.07, 6.45) is 9.31. The van der Waals surface area contributed by atoms with Gasteiger partial charge >= 0.3 is 6.09 Å². The number of hydrogen-bond acceptors (Lipinski definition) is 3. The molecule has 0 heterocycles. The number of carbonyl (C=O) groups excluding carboxylic acids is 1. The lowest BCUT2D eigenvalue weighted by molar-refractivity contribution is 0.112. The van der Waals surface area contributed by atoms with Crippen molar-refractivity contribution in [1.29, 1.82) is 0 Å². The van der Waals surface area contributed by atoms with Crippen LogP contribution < -0.4 is 5.32 Å². The predicted molar refractivity (Wildman–Crippen MR) is 99.5 cm³/mol. The number of rotatable bonds is 13. The molecule has 1 rings (SSSR count). The monoisotopic (exact) mass is 349 g/mol. The summed E-state index contributed by atoms with van der Waals surface area (Å²) in [6.45, 7) is 2.60. The Morgan fingerprint density at radius 1 is 1.12 bits per heavy atom. The molecule has 5 nitrogen and oxygen atoms in total. The van der Waals surface area contributed by atoms with Gasteiger partial charge in [-0.2, -0.15) is 0 Å². The minimum Gasteiger partial charge on any atom is -0.507 e. The van der Waals surface area contributed by atoms with E-state index in [1.54, 1.807) is 12.1 Å². The molecule has 0 radical (unpaired) electrons. The Kier molecular flexibility index (Phi) is 10.4. The molecule has 25 heavy (non-hydrogen) atoms. The molecule has 0 aliphatic heterocycles. The Bertz CT molecular complexity index is 530. The van der Waals surface area contributed by atoms with Crippen LogP contribution in [0.25, 0.3) is 0 Å². The van der Waals surface area contributed by atoms with E-state index in [9.17, 15) is 14.7 Å². The Hall–Kier alpha value is -2.04. The van der Waals surface area contributed by atoms with Gasteiger partial charge in [-0.25, -0.2) is 4.79 Å². The summed E-state index contributed by atoms with van der Waals surface area (Å²) in [5, 5.41) is 21.4. The third kappa shape index (κ3) is 8.05. The molecule has 0 aromatic heterocycles. The largest absolute Gasteiger partial charge is 0.507 e.